The molecule has 2 aliphatic carbocycles. The molecule has 2 rings (SSSR count). The van der Waals surface area contributed by atoms with Crippen molar-refractivity contribution in [1.82, 2.24) is 4.90 Å². The van der Waals surface area contributed by atoms with Crippen molar-refractivity contribution in [1.29, 1.82) is 0 Å². The van der Waals surface area contributed by atoms with Gasteiger partial charge in [-0.05, 0) is 44.1 Å². The van der Waals surface area contributed by atoms with E-state index in [0.717, 1.165) is 24.9 Å². The molecular weight excluding hydrogens is 210 g/mol. The van der Waals surface area contributed by atoms with Crippen LogP contribution in [0.4, 0.5) is 0 Å². The van der Waals surface area contributed by atoms with Gasteiger partial charge in [0, 0.05) is 25.1 Å². The van der Waals surface area contributed by atoms with E-state index in [0.29, 0.717) is 6.61 Å². The fourth-order valence-electron chi connectivity index (χ4n) is 3.55. The lowest BCUT2D eigenvalue weighted by atomic mass is 9.70. The zero-order valence-electron chi connectivity index (χ0n) is 11.6. The van der Waals surface area contributed by atoms with Crippen LogP contribution in [0.3, 0.4) is 0 Å². The molecule has 0 amide bonds. The molecule has 2 aliphatic rings. The van der Waals surface area contributed by atoms with Gasteiger partial charge in [-0.2, -0.15) is 0 Å². The van der Waals surface area contributed by atoms with Crippen LogP contribution in [0.25, 0.3) is 0 Å². The Morgan fingerprint density at radius 2 is 2.06 bits per heavy atom. The van der Waals surface area contributed by atoms with E-state index in [-0.39, 0.29) is 5.41 Å². The van der Waals surface area contributed by atoms with Gasteiger partial charge in [-0.3, -0.25) is 0 Å². The Kier molecular flexibility index (Phi) is 4.48. The van der Waals surface area contributed by atoms with Crippen LogP contribution in [0.5, 0.6) is 0 Å². The largest absolute Gasteiger partial charge is 0.396 e. The monoisotopic (exact) mass is 239 g/mol. The maximum absolute atomic E-state index is 9.83. The SMILES string of the molecule is CCN(CC1CC1)CC1(CO)CCCC(C)C1. The Morgan fingerprint density at radius 1 is 1.29 bits per heavy atom. The summed E-state index contributed by atoms with van der Waals surface area (Å²) < 4.78 is 0. The molecule has 0 aromatic heterocycles. The Bertz CT molecular complexity index is 239. The highest BCUT2D eigenvalue weighted by Gasteiger charge is 2.36. The summed E-state index contributed by atoms with van der Waals surface area (Å²) in [5.41, 5.74) is 0.211. The first-order valence-electron chi connectivity index (χ1n) is 7.50. The molecule has 2 fully saturated rings. The van der Waals surface area contributed by atoms with E-state index in [1.54, 1.807) is 0 Å². The maximum atomic E-state index is 9.83. The van der Waals surface area contributed by atoms with Crippen LogP contribution >= 0.6 is 0 Å². The lowest BCUT2D eigenvalue weighted by Crippen LogP contribution is -2.43. The highest BCUT2D eigenvalue weighted by Crippen LogP contribution is 2.40. The third kappa shape index (κ3) is 3.69. The Hall–Kier alpha value is -0.0800. The van der Waals surface area contributed by atoms with Crippen molar-refractivity contribution in [3.8, 4) is 0 Å². The first-order valence-corrected chi connectivity index (χ1v) is 7.50. The maximum Gasteiger partial charge on any atom is 0.0499 e. The topological polar surface area (TPSA) is 23.5 Å². The van der Waals surface area contributed by atoms with Crippen LogP contribution in [0.15, 0.2) is 0 Å². The third-order valence-electron chi connectivity index (χ3n) is 4.74. The molecule has 1 N–H and O–H groups in total. The molecule has 0 radical (unpaired) electrons. The summed E-state index contributed by atoms with van der Waals surface area (Å²) in [4.78, 5) is 2.59. The Balaban J connectivity index is 1.90. The molecule has 2 unspecified atom stereocenters. The zero-order chi connectivity index (χ0) is 12.3. The summed E-state index contributed by atoms with van der Waals surface area (Å²) in [7, 11) is 0. The van der Waals surface area contributed by atoms with Crippen molar-refractivity contribution in [2.75, 3.05) is 26.2 Å². The minimum absolute atomic E-state index is 0.211. The Labute approximate surface area is 106 Å². The predicted octanol–water partition coefficient (Wildman–Crippen LogP) is 2.91. The van der Waals surface area contributed by atoms with Crippen molar-refractivity contribution in [3.05, 3.63) is 0 Å². The van der Waals surface area contributed by atoms with Gasteiger partial charge in [0.2, 0.25) is 0 Å². The smallest absolute Gasteiger partial charge is 0.0499 e. The molecule has 17 heavy (non-hydrogen) atoms. The lowest BCUT2D eigenvalue weighted by Gasteiger charge is -2.42. The van der Waals surface area contributed by atoms with Gasteiger partial charge in [0.25, 0.3) is 0 Å². The van der Waals surface area contributed by atoms with Crippen LogP contribution in [-0.2, 0) is 0 Å². The Morgan fingerprint density at radius 3 is 2.59 bits per heavy atom. The molecule has 0 aliphatic heterocycles. The summed E-state index contributed by atoms with van der Waals surface area (Å²) in [6.45, 7) is 8.54. The van der Waals surface area contributed by atoms with Crippen molar-refractivity contribution in [2.45, 2.75) is 52.4 Å². The molecule has 0 aromatic carbocycles. The van der Waals surface area contributed by atoms with Gasteiger partial charge < -0.3 is 10.0 Å². The van der Waals surface area contributed by atoms with Gasteiger partial charge in [0.15, 0.2) is 0 Å². The van der Waals surface area contributed by atoms with E-state index in [2.05, 4.69) is 18.7 Å². The molecule has 0 bridgehead atoms. The number of aliphatic hydroxyl groups is 1. The van der Waals surface area contributed by atoms with Gasteiger partial charge in [-0.1, -0.05) is 26.7 Å². The van der Waals surface area contributed by atoms with Crippen LogP contribution < -0.4 is 0 Å². The summed E-state index contributed by atoms with van der Waals surface area (Å²) in [6.07, 6.45) is 7.98. The van der Waals surface area contributed by atoms with Gasteiger partial charge in [-0.15, -0.1) is 0 Å². The standard InChI is InChI=1S/C15H29NO/c1-3-16(10-14-6-7-14)11-15(12-17)8-4-5-13(2)9-15/h13-14,17H,3-12H2,1-2H3. The molecule has 0 aromatic rings. The van der Waals surface area contributed by atoms with Crippen LogP contribution in [0, 0.1) is 17.3 Å². The molecule has 100 valence electrons. The number of aliphatic hydroxyl groups excluding tert-OH is 1. The van der Waals surface area contributed by atoms with Crippen molar-refractivity contribution >= 4 is 0 Å². The molecular formula is C15H29NO. The zero-order valence-corrected chi connectivity index (χ0v) is 11.6. The van der Waals surface area contributed by atoms with Crippen LogP contribution in [0.2, 0.25) is 0 Å². The molecule has 0 saturated heterocycles. The summed E-state index contributed by atoms with van der Waals surface area (Å²) in [5, 5.41) is 9.83. The van der Waals surface area contributed by atoms with Gasteiger partial charge in [0.05, 0.1) is 0 Å². The molecule has 2 nitrogen and oxygen atoms in total. The third-order valence-corrected chi connectivity index (χ3v) is 4.74. The van der Waals surface area contributed by atoms with Crippen molar-refractivity contribution in [2.24, 2.45) is 17.3 Å². The van der Waals surface area contributed by atoms with E-state index in [9.17, 15) is 5.11 Å². The summed E-state index contributed by atoms with van der Waals surface area (Å²) >= 11 is 0. The average molecular weight is 239 g/mol. The van der Waals surface area contributed by atoms with Gasteiger partial charge in [-0.25, -0.2) is 0 Å². The number of hydrogen-bond donors (Lipinski definition) is 1. The quantitative estimate of drug-likeness (QED) is 0.770. The first kappa shape index (κ1) is 13.4. The predicted molar refractivity (Wildman–Crippen MR) is 72.0 cm³/mol. The van der Waals surface area contributed by atoms with E-state index in [1.807, 2.05) is 0 Å². The fraction of sp³-hybridized carbons (Fsp3) is 1.00. The summed E-state index contributed by atoms with van der Waals surface area (Å²) in [6, 6.07) is 0. The van der Waals surface area contributed by atoms with E-state index >= 15 is 0 Å². The second-order valence-corrected chi connectivity index (χ2v) is 6.63. The van der Waals surface area contributed by atoms with Crippen molar-refractivity contribution in [3.63, 3.8) is 0 Å². The molecule has 0 spiro atoms. The molecule has 2 atom stereocenters. The second-order valence-electron chi connectivity index (χ2n) is 6.63. The van der Waals surface area contributed by atoms with Crippen LogP contribution in [-0.4, -0.2) is 36.2 Å². The van der Waals surface area contributed by atoms with Crippen molar-refractivity contribution < 1.29 is 5.11 Å². The molecule has 2 heteroatoms. The second kappa shape index (κ2) is 5.71. The highest BCUT2D eigenvalue weighted by atomic mass is 16.3. The normalized spacial score (nSPS) is 34.2. The van der Waals surface area contributed by atoms with E-state index in [1.165, 1.54) is 45.1 Å². The minimum Gasteiger partial charge on any atom is -0.396 e. The summed E-state index contributed by atoms with van der Waals surface area (Å²) in [5.74, 6) is 1.77. The molecule has 2 saturated carbocycles. The first-order chi connectivity index (χ1) is 8.17. The highest BCUT2D eigenvalue weighted by molar-refractivity contribution is 4.89. The van der Waals surface area contributed by atoms with E-state index in [4.69, 9.17) is 0 Å². The van der Waals surface area contributed by atoms with E-state index < -0.39 is 0 Å². The lowest BCUT2D eigenvalue weighted by molar-refractivity contribution is 0.0240. The fourth-order valence-corrected chi connectivity index (χ4v) is 3.55. The van der Waals surface area contributed by atoms with Gasteiger partial charge in [0.1, 0.15) is 0 Å². The van der Waals surface area contributed by atoms with Crippen LogP contribution in [0.1, 0.15) is 52.4 Å². The number of rotatable bonds is 6. The average Bonchev–Trinajstić information content (AvgIpc) is 3.12. The van der Waals surface area contributed by atoms with Gasteiger partial charge >= 0.3 is 0 Å². The minimum atomic E-state index is 0.211. The number of hydrogen-bond acceptors (Lipinski definition) is 2. The molecule has 0 heterocycles. The number of nitrogens with zero attached hydrogens (tertiary/aromatic N) is 1.